The lowest BCUT2D eigenvalue weighted by Gasteiger charge is -2.33. The molecular weight excluding hydrogens is 264 g/mol. The van der Waals surface area contributed by atoms with Crippen molar-refractivity contribution in [3.05, 3.63) is 18.2 Å². The zero-order valence-corrected chi connectivity index (χ0v) is 13.4. The van der Waals surface area contributed by atoms with Crippen molar-refractivity contribution in [3.63, 3.8) is 0 Å². The van der Waals surface area contributed by atoms with Crippen molar-refractivity contribution in [2.24, 2.45) is 11.7 Å². The van der Waals surface area contributed by atoms with Gasteiger partial charge in [-0.25, -0.2) is 4.98 Å². The number of hydrogen-bond acceptors (Lipinski definition) is 3. The molecular formula is C16H27N4O. The van der Waals surface area contributed by atoms with Crippen LogP contribution in [0.1, 0.15) is 63.5 Å². The summed E-state index contributed by atoms with van der Waals surface area (Å²) in [4.78, 5) is 15.3. The third kappa shape index (κ3) is 3.84. The van der Waals surface area contributed by atoms with E-state index in [1.165, 1.54) is 32.1 Å². The van der Waals surface area contributed by atoms with Crippen LogP contribution in [0.5, 0.6) is 0 Å². The second-order valence-electron chi connectivity index (χ2n) is 6.81. The minimum absolute atomic E-state index is 0.264. The molecule has 1 aliphatic rings. The van der Waals surface area contributed by atoms with Crippen LogP contribution in [0.3, 0.4) is 0 Å². The number of nitrogens with two attached hydrogens (primary N) is 1. The Morgan fingerprint density at radius 3 is 2.81 bits per heavy atom. The fourth-order valence-corrected chi connectivity index (χ4v) is 3.19. The molecule has 5 heteroatoms. The first-order valence-corrected chi connectivity index (χ1v) is 7.91. The Hall–Kier alpha value is -1.36. The number of amides is 1. The van der Waals surface area contributed by atoms with Crippen LogP contribution >= 0.6 is 0 Å². The van der Waals surface area contributed by atoms with Crippen LogP contribution in [0.2, 0.25) is 0 Å². The highest BCUT2D eigenvalue weighted by atomic mass is 16.1. The molecule has 0 aromatic carbocycles. The van der Waals surface area contributed by atoms with E-state index in [1.54, 1.807) is 6.20 Å². The molecule has 117 valence electrons. The number of carbonyl (C=O) groups is 1. The van der Waals surface area contributed by atoms with Gasteiger partial charge in [0.25, 0.3) is 5.91 Å². The maximum Gasteiger partial charge on any atom is 0.284 e. The number of hydrogen-bond donors (Lipinski definition) is 2. The van der Waals surface area contributed by atoms with Crippen molar-refractivity contribution in [1.82, 2.24) is 14.9 Å². The minimum atomic E-state index is -0.510. The summed E-state index contributed by atoms with van der Waals surface area (Å²) in [5, 5.41) is 3.63. The summed E-state index contributed by atoms with van der Waals surface area (Å²) in [6, 6.07) is 0.495. The third-order valence-electron chi connectivity index (χ3n) is 4.67. The van der Waals surface area contributed by atoms with Gasteiger partial charge in [0.2, 0.25) is 0 Å². The molecule has 21 heavy (non-hydrogen) atoms. The Bertz CT molecular complexity index is 474. The zero-order chi connectivity index (χ0) is 15.5. The lowest BCUT2D eigenvalue weighted by atomic mass is 9.84. The standard InChI is InChI=1S/C16H27N4O/c1-12(13-7-5-4-6-8-13)19-11-16(2,3)20-10-9-18-15(20)14(17)21/h10,12-13,19H,4-8,11H2,1-3H3,(H2,17,21)/t12-/m1/s1. The van der Waals surface area contributed by atoms with Gasteiger partial charge in [-0.05, 0) is 39.5 Å². The average Bonchev–Trinajstić information content (AvgIpc) is 2.96. The number of imidazole rings is 1. The third-order valence-corrected chi connectivity index (χ3v) is 4.67. The highest BCUT2D eigenvalue weighted by molar-refractivity contribution is 5.89. The fraction of sp³-hybridized carbons (Fsp3) is 0.750. The molecule has 0 bridgehead atoms. The molecule has 1 radical (unpaired) electrons. The number of aromatic nitrogens is 2. The highest BCUT2D eigenvalue weighted by Crippen LogP contribution is 2.27. The Balaban J connectivity index is 1.97. The quantitative estimate of drug-likeness (QED) is 0.842. The van der Waals surface area contributed by atoms with Crippen LogP contribution in [0.25, 0.3) is 0 Å². The smallest absolute Gasteiger partial charge is 0.284 e. The van der Waals surface area contributed by atoms with Crippen molar-refractivity contribution < 1.29 is 4.79 Å². The second-order valence-corrected chi connectivity index (χ2v) is 6.81. The average molecular weight is 291 g/mol. The van der Waals surface area contributed by atoms with E-state index in [2.05, 4.69) is 37.3 Å². The van der Waals surface area contributed by atoms with Crippen molar-refractivity contribution in [1.29, 1.82) is 0 Å². The van der Waals surface area contributed by atoms with Gasteiger partial charge < -0.3 is 15.6 Å². The Morgan fingerprint density at radius 2 is 2.19 bits per heavy atom. The number of nitrogens with zero attached hydrogens (tertiary/aromatic N) is 2. The monoisotopic (exact) mass is 291 g/mol. The number of nitrogens with one attached hydrogen (secondary N) is 1. The van der Waals surface area contributed by atoms with Gasteiger partial charge in [-0.3, -0.25) is 4.79 Å². The highest BCUT2D eigenvalue weighted by Gasteiger charge is 2.27. The van der Waals surface area contributed by atoms with Gasteiger partial charge in [0.15, 0.2) is 5.82 Å². The summed E-state index contributed by atoms with van der Waals surface area (Å²) in [5.41, 5.74) is 5.10. The lowest BCUT2D eigenvalue weighted by Crippen LogP contribution is -2.45. The number of carbonyl (C=O) groups excluding carboxylic acids is 1. The van der Waals surface area contributed by atoms with Gasteiger partial charge in [-0.2, -0.15) is 0 Å². The summed E-state index contributed by atoms with van der Waals surface area (Å²) in [7, 11) is 0. The SMILES string of the molecule is C[C@@H](NCC(C)(C)n1c[c]nc1C(N)=O)C1CCCCC1. The molecule has 2 rings (SSSR count). The number of primary amides is 1. The summed E-state index contributed by atoms with van der Waals surface area (Å²) in [6.07, 6.45) is 11.1. The van der Waals surface area contributed by atoms with E-state index in [0.717, 1.165) is 12.5 Å². The van der Waals surface area contributed by atoms with E-state index in [9.17, 15) is 4.79 Å². The van der Waals surface area contributed by atoms with Gasteiger partial charge in [0.05, 0.1) is 5.54 Å². The van der Waals surface area contributed by atoms with E-state index >= 15 is 0 Å². The maximum atomic E-state index is 11.4. The van der Waals surface area contributed by atoms with E-state index in [1.807, 2.05) is 4.57 Å². The molecule has 1 aromatic heterocycles. The Kier molecular flexibility index (Phi) is 5.04. The summed E-state index contributed by atoms with van der Waals surface area (Å²) >= 11 is 0. The summed E-state index contributed by atoms with van der Waals surface area (Å²) in [6.45, 7) is 7.20. The minimum Gasteiger partial charge on any atom is -0.363 e. The topological polar surface area (TPSA) is 72.9 Å². The van der Waals surface area contributed by atoms with Crippen molar-refractivity contribution >= 4 is 5.91 Å². The first kappa shape index (κ1) is 16.0. The van der Waals surface area contributed by atoms with Crippen LogP contribution in [0.4, 0.5) is 0 Å². The van der Waals surface area contributed by atoms with E-state index in [-0.39, 0.29) is 11.4 Å². The van der Waals surface area contributed by atoms with E-state index in [4.69, 9.17) is 5.73 Å². The molecule has 1 saturated carbocycles. The van der Waals surface area contributed by atoms with Gasteiger partial charge in [0.1, 0.15) is 6.20 Å². The Morgan fingerprint density at radius 1 is 1.52 bits per heavy atom. The molecule has 3 N–H and O–H groups in total. The predicted molar refractivity (Wildman–Crippen MR) is 82.9 cm³/mol. The fourth-order valence-electron chi connectivity index (χ4n) is 3.19. The van der Waals surface area contributed by atoms with Crippen LogP contribution in [-0.4, -0.2) is 28.0 Å². The molecule has 0 saturated heterocycles. The molecule has 0 spiro atoms. The maximum absolute atomic E-state index is 11.4. The Labute approximate surface area is 127 Å². The first-order chi connectivity index (χ1) is 9.92. The van der Waals surface area contributed by atoms with E-state index in [0.29, 0.717) is 6.04 Å². The van der Waals surface area contributed by atoms with Crippen LogP contribution in [0.15, 0.2) is 6.20 Å². The molecule has 1 aromatic rings. The molecule has 1 heterocycles. The van der Waals surface area contributed by atoms with Crippen LogP contribution < -0.4 is 11.1 Å². The normalized spacial score (nSPS) is 18.6. The van der Waals surface area contributed by atoms with Gasteiger partial charge in [0, 0.05) is 18.8 Å². The molecule has 1 amide bonds. The predicted octanol–water partition coefficient (Wildman–Crippen LogP) is 2.08. The first-order valence-electron chi connectivity index (χ1n) is 7.91. The largest absolute Gasteiger partial charge is 0.363 e. The molecule has 5 nitrogen and oxygen atoms in total. The lowest BCUT2D eigenvalue weighted by molar-refractivity contribution is 0.0978. The van der Waals surface area contributed by atoms with Crippen molar-refractivity contribution in [2.45, 2.75) is 64.5 Å². The van der Waals surface area contributed by atoms with Crippen molar-refractivity contribution in [3.8, 4) is 0 Å². The van der Waals surface area contributed by atoms with Crippen LogP contribution in [0, 0.1) is 12.1 Å². The molecule has 1 aliphatic carbocycles. The van der Waals surface area contributed by atoms with Gasteiger partial charge in [-0.15, -0.1) is 0 Å². The molecule has 1 atom stereocenters. The summed E-state index contributed by atoms with van der Waals surface area (Å²) in [5.74, 6) is 0.524. The molecule has 1 fully saturated rings. The van der Waals surface area contributed by atoms with Crippen LogP contribution in [-0.2, 0) is 5.54 Å². The molecule has 0 aliphatic heterocycles. The van der Waals surface area contributed by atoms with Crippen molar-refractivity contribution in [2.75, 3.05) is 6.54 Å². The second kappa shape index (κ2) is 6.60. The number of rotatable bonds is 6. The van der Waals surface area contributed by atoms with Gasteiger partial charge >= 0.3 is 0 Å². The van der Waals surface area contributed by atoms with E-state index < -0.39 is 5.91 Å². The zero-order valence-electron chi connectivity index (χ0n) is 13.4. The summed E-state index contributed by atoms with van der Waals surface area (Å²) < 4.78 is 1.82. The van der Waals surface area contributed by atoms with Gasteiger partial charge in [-0.1, -0.05) is 19.3 Å². The molecule has 0 unspecified atom stereocenters.